The number of rotatable bonds is 5. The summed E-state index contributed by atoms with van der Waals surface area (Å²) >= 11 is 5.83. The molecule has 1 amide bonds. The minimum Gasteiger partial charge on any atom is -0.465 e. The Morgan fingerprint density at radius 1 is 1.35 bits per heavy atom. The van der Waals surface area contributed by atoms with Gasteiger partial charge in [0.05, 0.1) is 23.4 Å². The smallest absolute Gasteiger partial charge is 0.339 e. The highest BCUT2D eigenvalue weighted by Crippen LogP contribution is 2.21. The van der Waals surface area contributed by atoms with Gasteiger partial charge in [-0.05, 0) is 18.2 Å². The van der Waals surface area contributed by atoms with E-state index >= 15 is 0 Å². The molecule has 0 unspecified atom stereocenters. The van der Waals surface area contributed by atoms with Crippen LogP contribution in [0.4, 0.5) is 5.69 Å². The molecule has 0 aliphatic heterocycles. The van der Waals surface area contributed by atoms with Gasteiger partial charge in [0.2, 0.25) is 5.91 Å². The Labute approximate surface area is 122 Å². The van der Waals surface area contributed by atoms with Crippen LogP contribution < -0.4 is 5.32 Å². The van der Waals surface area contributed by atoms with E-state index in [9.17, 15) is 18.0 Å². The minimum atomic E-state index is -3.20. The first-order valence-electron chi connectivity index (χ1n) is 5.58. The number of esters is 1. The summed E-state index contributed by atoms with van der Waals surface area (Å²) in [6.07, 6.45) is 0.896. The van der Waals surface area contributed by atoms with Crippen molar-refractivity contribution < 1.29 is 22.7 Å². The highest BCUT2D eigenvalue weighted by Gasteiger charge is 2.13. The molecule has 0 saturated heterocycles. The molecule has 0 heterocycles. The third-order valence-electron chi connectivity index (χ3n) is 2.36. The van der Waals surface area contributed by atoms with Crippen LogP contribution in [0.3, 0.4) is 0 Å². The molecule has 0 spiro atoms. The predicted molar refractivity (Wildman–Crippen MR) is 75.7 cm³/mol. The van der Waals surface area contributed by atoms with Crippen LogP contribution in [0.2, 0.25) is 5.02 Å². The van der Waals surface area contributed by atoms with Gasteiger partial charge in [0.1, 0.15) is 9.84 Å². The number of carbonyl (C=O) groups excluding carboxylic acids is 2. The van der Waals surface area contributed by atoms with Crippen molar-refractivity contribution in [3.05, 3.63) is 28.8 Å². The first kappa shape index (κ1) is 16.5. The Morgan fingerprint density at radius 3 is 2.55 bits per heavy atom. The van der Waals surface area contributed by atoms with Gasteiger partial charge in [0.25, 0.3) is 0 Å². The van der Waals surface area contributed by atoms with Crippen LogP contribution in [-0.2, 0) is 19.4 Å². The Balaban J connectivity index is 2.78. The second-order valence-electron chi connectivity index (χ2n) is 4.11. The number of hydrogen-bond acceptors (Lipinski definition) is 5. The molecule has 110 valence electrons. The van der Waals surface area contributed by atoms with Crippen molar-refractivity contribution in [3.63, 3.8) is 0 Å². The number of nitrogens with one attached hydrogen (secondary N) is 1. The summed E-state index contributed by atoms with van der Waals surface area (Å²) in [6, 6.07) is 4.32. The molecule has 0 atom stereocenters. The van der Waals surface area contributed by atoms with Gasteiger partial charge in [-0.2, -0.15) is 0 Å². The molecule has 0 aromatic heterocycles. The fourth-order valence-corrected chi connectivity index (χ4v) is 2.12. The molecule has 0 radical (unpaired) electrons. The van der Waals surface area contributed by atoms with Crippen molar-refractivity contribution >= 4 is 39.0 Å². The predicted octanol–water partition coefficient (Wildman–Crippen LogP) is 1.50. The zero-order valence-electron chi connectivity index (χ0n) is 11.0. The number of halogens is 1. The maximum atomic E-state index is 11.6. The standard InChI is InChI=1S/C12H14ClNO5S/c1-19-12(16)9-7-8(3-4-10(9)13)14-11(15)5-6-20(2,17)18/h3-4,7H,5-6H2,1-2H3,(H,14,15). The zero-order chi connectivity index (χ0) is 15.3. The lowest BCUT2D eigenvalue weighted by molar-refractivity contribution is -0.115. The van der Waals surface area contributed by atoms with Crippen LogP contribution in [0, 0.1) is 0 Å². The molecule has 20 heavy (non-hydrogen) atoms. The van der Waals surface area contributed by atoms with Gasteiger partial charge < -0.3 is 10.1 Å². The third-order valence-corrected chi connectivity index (χ3v) is 3.63. The van der Waals surface area contributed by atoms with Crippen LogP contribution in [-0.4, -0.2) is 39.4 Å². The van der Waals surface area contributed by atoms with Crippen LogP contribution in [0.5, 0.6) is 0 Å². The van der Waals surface area contributed by atoms with Gasteiger partial charge >= 0.3 is 5.97 Å². The minimum absolute atomic E-state index is 0.120. The summed E-state index contributed by atoms with van der Waals surface area (Å²) in [5.74, 6) is -1.33. The van der Waals surface area contributed by atoms with E-state index in [0.29, 0.717) is 5.69 Å². The molecule has 1 rings (SSSR count). The van der Waals surface area contributed by atoms with Crippen molar-refractivity contribution in [2.45, 2.75) is 6.42 Å². The van der Waals surface area contributed by atoms with E-state index in [1.165, 1.54) is 25.3 Å². The summed E-state index contributed by atoms with van der Waals surface area (Å²) < 4.78 is 26.5. The van der Waals surface area contributed by atoms with Gasteiger partial charge in [-0.1, -0.05) is 11.6 Å². The highest BCUT2D eigenvalue weighted by molar-refractivity contribution is 7.90. The van der Waals surface area contributed by atoms with Crippen LogP contribution >= 0.6 is 11.6 Å². The molecule has 0 aliphatic carbocycles. The maximum absolute atomic E-state index is 11.6. The summed E-state index contributed by atoms with van der Waals surface area (Å²) in [4.78, 5) is 23.0. The molecular weight excluding hydrogens is 306 g/mol. The largest absolute Gasteiger partial charge is 0.465 e. The molecule has 8 heteroatoms. The topological polar surface area (TPSA) is 89.5 Å². The number of carbonyl (C=O) groups is 2. The summed E-state index contributed by atoms with van der Waals surface area (Å²) in [7, 11) is -1.98. The third kappa shape index (κ3) is 5.18. The molecule has 0 fully saturated rings. The van der Waals surface area contributed by atoms with Crippen molar-refractivity contribution in [2.24, 2.45) is 0 Å². The maximum Gasteiger partial charge on any atom is 0.339 e. The first-order valence-corrected chi connectivity index (χ1v) is 8.02. The molecule has 1 N–H and O–H groups in total. The lowest BCUT2D eigenvalue weighted by Gasteiger charge is -2.08. The molecule has 0 bridgehead atoms. The van der Waals surface area contributed by atoms with Crippen molar-refractivity contribution in [1.82, 2.24) is 0 Å². The van der Waals surface area contributed by atoms with E-state index < -0.39 is 21.7 Å². The first-order chi connectivity index (χ1) is 9.23. The fourth-order valence-electron chi connectivity index (χ4n) is 1.37. The summed E-state index contributed by atoms with van der Waals surface area (Å²) in [6.45, 7) is 0. The molecule has 0 saturated carbocycles. The van der Waals surface area contributed by atoms with Crippen LogP contribution in [0.15, 0.2) is 18.2 Å². The monoisotopic (exact) mass is 319 g/mol. The number of methoxy groups -OCH3 is 1. The lowest BCUT2D eigenvalue weighted by Crippen LogP contribution is -2.16. The Bertz CT molecular complexity index is 627. The van der Waals surface area contributed by atoms with E-state index in [1.807, 2.05) is 0 Å². The molecule has 6 nitrogen and oxygen atoms in total. The van der Waals surface area contributed by atoms with E-state index in [1.54, 1.807) is 0 Å². The van der Waals surface area contributed by atoms with Crippen LogP contribution in [0.25, 0.3) is 0 Å². The summed E-state index contributed by atoms with van der Waals surface area (Å²) in [5, 5.41) is 2.69. The Kier molecular flexibility index (Phi) is 5.52. The van der Waals surface area contributed by atoms with Gasteiger partial charge in [-0.3, -0.25) is 4.79 Å². The lowest BCUT2D eigenvalue weighted by atomic mass is 10.2. The second kappa shape index (κ2) is 6.71. The molecule has 1 aromatic rings. The molecular formula is C12H14ClNO5S. The Morgan fingerprint density at radius 2 is 2.00 bits per heavy atom. The van der Waals surface area contributed by atoms with Crippen molar-refractivity contribution in [2.75, 3.05) is 24.4 Å². The van der Waals surface area contributed by atoms with E-state index in [2.05, 4.69) is 10.1 Å². The zero-order valence-corrected chi connectivity index (χ0v) is 12.5. The van der Waals surface area contributed by atoms with E-state index in [-0.39, 0.29) is 22.8 Å². The number of amides is 1. The van der Waals surface area contributed by atoms with E-state index in [4.69, 9.17) is 11.6 Å². The normalized spacial score (nSPS) is 10.9. The number of ether oxygens (including phenoxy) is 1. The molecule has 0 aliphatic rings. The van der Waals surface area contributed by atoms with Crippen molar-refractivity contribution in [1.29, 1.82) is 0 Å². The average molecular weight is 320 g/mol. The van der Waals surface area contributed by atoms with Gasteiger partial charge in [0, 0.05) is 18.4 Å². The number of anilines is 1. The quantitative estimate of drug-likeness (QED) is 0.831. The fraction of sp³-hybridized carbons (Fsp3) is 0.333. The van der Waals surface area contributed by atoms with Gasteiger partial charge in [-0.15, -0.1) is 0 Å². The molecule has 1 aromatic carbocycles. The van der Waals surface area contributed by atoms with E-state index in [0.717, 1.165) is 6.26 Å². The highest BCUT2D eigenvalue weighted by atomic mass is 35.5. The van der Waals surface area contributed by atoms with Gasteiger partial charge in [-0.25, -0.2) is 13.2 Å². The SMILES string of the molecule is COC(=O)c1cc(NC(=O)CCS(C)(=O)=O)ccc1Cl. The second-order valence-corrected chi connectivity index (χ2v) is 6.78. The average Bonchev–Trinajstić information content (AvgIpc) is 2.37. The number of hydrogen-bond donors (Lipinski definition) is 1. The summed E-state index contributed by atoms with van der Waals surface area (Å²) in [5.41, 5.74) is 0.461. The van der Waals surface area contributed by atoms with Crippen molar-refractivity contribution in [3.8, 4) is 0 Å². The van der Waals surface area contributed by atoms with Crippen LogP contribution in [0.1, 0.15) is 16.8 Å². The number of benzene rings is 1. The van der Waals surface area contributed by atoms with Gasteiger partial charge in [0.15, 0.2) is 0 Å². The number of sulfone groups is 1. The Hall–Kier alpha value is -1.60.